The maximum Gasteiger partial charge on any atom is 0.296 e. The Morgan fingerprint density at radius 2 is 1.86 bits per heavy atom. The van der Waals surface area contributed by atoms with Gasteiger partial charge in [-0.25, -0.2) is 0 Å². The van der Waals surface area contributed by atoms with E-state index in [4.69, 9.17) is 11.6 Å². The molecule has 0 N–H and O–H groups in total. The van der Waals surface area contributed by atoms with Gasteiger partial charge in [0.25, 0.3) is 16.8 Å². The lowest BCUT2D eigenvalue weighted by molar-refractivity contribution is -0.384. The fraction of sp³-hybridized carbons (Fsp3) is 0.0526. The van der Waals surface area contributed by atoms with E-state index in [1.807, 2.05) is 0 Å². The molecule has 0 amide bonds. The van der Waals surface area contributed by atoms with Crippen LogP contribution >= 0.6 is 22.9 Å². The van der Waals surface area contributed by atoms with Gasteiger partial charge in [-0.1, -0.05) is 41.1 Å². The Morgan fingerprint density at radius 3 is 2.55 bits per heavy atom. The summed E-state index contributed by atoms with van der Waals surface area (Å²) in [5.74, 6) is 0. The van der Waals surface area contributed by atoms with E-state index < -0.39 is 16.0 Å². The molecule has 144 valence electrons. The standard InChI is InChI=1S/C19H11ClN4O4S/c20-14-4-2-1-3-12(14)10-15-17(25)21-19-23(22-15)18(26)16(29-19)9-11-5-7-13(8-6-11)24(27)28/h1-9H,10H2/b16-9+. The fourth-order valence-electron chi connectivity index (χ4n) is 2.72. The first-order valence-electron chi connectivity index (χ1n) is 8.35. The van der Waals surface area contributed by atoms with Crippen LogP contribution in [0, 0.1) is 10.1 Å². The summed E-state index contributed by atoms with van der Waals surface area (Å²) < 4.78 is 1.41. The summed E-state index contributed by atoms with van der Waals surface area (Å²) in [5, 5.41) is 15.4. The highest BCUT2D eigenvalue weighted by Gasteiger charge is 2.13. The molecule has 0 saturated heterocycles. The Kier molecular flexibility index (Phi) is 4.91. The number of nitro groups is 1. The molecule has 0 spiro atoms. The highest BCUT2D eigenvalue weighted by Crippen LogP contribution is 2.17. The molecule has 0 bridgehead atoms. The summed E-state index contributed by atoms with van der Waals surface area (Å²) in [7, 11) is 0. The first kappa shape index (κ1) is 18.9. The van der Waals surface area contributed by atoms with Crippen molar-refractivity contribution in [3.8, 4) is 0 Å². The second kappa shape index (κ2) is 7.53. The summed E-state index contributed by atoms with van der Waals surface area (Å²) in [6, 6.07) is 12.8. The van der Waals surface area contributed by atoms with Gasteiger partial charge in [-0.3, -0.25) is 19.7 Å². The van der Waals surface area contributed by atoms with Crippen molar-refractivity contribution in [2.75, 3.05) is 0 Å². The third-order valence-corrected chi connectivity index (χ3v) is 5.50. The summed E-state index contributed by atoms with van der Waals surface area (Å²) in [5.41, 5.74) is 0.454. The lowest BCUT2D eigenvalue weighted by Gasteiger charge is -2.02. The van der Waals surface area contributed by atoms with Crippen LogP contribution in [0.3, 0.4) is 0 Å². The third kappa shape index (κ3) is 3.78. The number of benzene rings is 2. The van der Waals surface area contributed by atoms with E-state index in [-0.39, 0.29) is 22.8 Å². The van der Waals surface area contributed by atoms with Gasteiger partial charge >= 0.3 is 0 Å². The minimum absolute atomic E-state index is 0.0428. The normalized spacial score (nSPS) is 11.8. The highest BCUT2D eigenvalue weighted by molar-refractivity contribution is 7.15. The zero-order valence-electron chi connectivity index (χ0n) is 14.6. The maximum absolute atomic E-state index is 12.7. The van der Waals surface area contributed by atoms with E-state index in [9.17, 15) is 19.7 Å². The summed E-state index contributed by atoms with van der Waals surface area (Å²) in [6.45, 7) is 0. The van der Waals surface area contributed by atoms with Crippen molar-refractivity contribution in [1.82, 2.24) is 14.6 Å². The molecule has 0 fully saturated rings. The molecule has 2 heterocycles. The van der Waals surface area contributed by atoms with Crippen molar-refractivity contribution in [2.45, 2.75) is 6.42 Å². The average Bonchev–Trinajstić information content (AvgIpc) is 2.99. The van der Waals surface area contributed by atoms with Gasteiger partial charge in [-0.15, -0.1) is 0 Å². The maximum atomic E-state index is 12.7. The zero-order valence-corrected chi connectivity index (χ0v) is 16.2. The van der Waals surface area contributed by atoms with Gasteiger partial charge in [-0.05, 0) is 35.4 Å². The molecule has 10 heteroatoms. The number of non-ortho nitro benzene ring substituents is 1. The molecule has 0 radical (unpaired) electrons. The van der Waals surface area contributed by atoms with Crippen LogP contribution in [0.2, 0.25) is 5.02 Å². The second-order valence-electron chi connectivity index (χ2n) is 6.09. The predicted octanol–water partition coefficient (Wildman–Crippen LogP) is 2.21. The third-order valence-electron chi connectivity index (χ3n) is 4.17. The highest BCUT2D eigenvalue weighted by atomic mass is 35.5. The minimum Gasteiger partial charge on any atom is -0.266 e. The van der Waals surface area contributed by atoms with Crippen LogP contribution < -0.4 is 15.7 Å². The molecule has 29 heavy (non-hydrogen) atoms. The first-order valence-corrected chi connectivity index (χ1v) is 9.54. The van der Waals surface area contributed by atoms with E-state index in [2.05, 4.69) is 10.1 Å². The van der Waals surface area contributed by atoms with E-state index in [0.29, 0.717) is 20.7 Å². The SMILES string of the molecule is O=c1nc2s/c(=C/c3ccc([N+](=O)[O-])cc3)c(=O)n2nc1Cc1ccccc1Cl. The Labute approximate surface area is 171 Å². The predicted molar refractivity (Wildman–Crippen MR) is 110 cm³/mol. The molecule has 8 nitrogen and oxygen atoms in total. The van der Waals surface area contributed by atoms with Crippen LogP contribution in [0.15, 0.2) is 58.1 Å². The number of fused-ring (bicyclic) bond motifs is 1. The number of rotatable bonds is 4. The second-order valence-corrected chi connectivity index (χ2v) is 7.51. The largest absolute Gasteiger partial charge is 0.296 e. The lowest BCUT2D eigenvalue weighted by Crippen LogP contribution is -2.28. The van der Waals surface area contributed by atoms with Crippen LogP contribution in [0.1, 0.15) is 16.8 Å². The molecule has 2 aromatic carbocycles. The van der Waals surface area contributed by atoms with Gasteiger partial charge in [0, 0.05) is 23.6 Å². The Bertz CT molecular complexity index is 1410. The lowest BCUT2D eigenvalue weighted by atomic mass is 10.1. The average molecular weight is 427 g/mol. The molecule has 4 rings (SSSR count). The van der Waals surface area contributed by atoms with Crippen molar-refractivity contribution in [1.29, 1.82) is 0 Å². The van der Waals surface area contributed by atoms with Gasteiger partial charge in [0.15, 0.2) is 0 Å². The monoisotopic (exact) mass is 426 g/mol. The van der Waals surface area contributed by atoms with Crippen LogP contribution in [0.5, 0.6) is 0 Å². The molecule has 2 aromatic heterocycles. The van der Waals surface area contributed by atoms with E-state index in [1.54, 1.807) is 30.3 Å². The molecular weight excluding hydrogens is 416 g/mol. The summed E-state index contributed by atoms with van der Waals surface area (Å²) in [6.07, 6.45) is 1.73. The zero-order chi connectivity index (χ0) is 20.5. The first-order chi connectivity index (χ1) is 13.9. The van der Waals surface area contributed by atoms with Gasteiger partial charge in [-0.2, -0.15) is 14.6 Å². The number of thiazole rings is 1. The number of hydrogen-bond acceptors (Lipinski definition) is 7. The molecule has 4 aromatic rings. The van der Waals surface area contributed by atoms with Crippen molar-refractivity contribution >= 4 is 39.7 Å². The summed E-state index contributed by atoms with van der Waals surface area (Å²) in [4.78, 5) is 39.4. The van der Waals surface area contributed by atoms with Crippen molar-refractivity contribution < 1.29 is 4.92 Å². The van der Waals surface area contributed by atoms with Gasteiger partial charge in [0.05, 0.1) is 9.46 Å². The molecule has 0 aliphatic heterocycles. The van der Waals surface area contributed by atoms with Crippen LogP contribution in [0.25, 0.3) is 11.0 Å². The summed E-state index contributed by atoms with van der Waals surface area (Å²) >= 11 is 7.16. The number of nitro benzene ring substituents is 1. The Morgan fingerprint density at radius 1 is 1.14 bits per heavy atom. The van der Waals surface area contributed by atoms with Crippen LogP contribution in [-0.2, 0) is 6.42 Å². The topological polar surface area (TPSA) is 107 Å². The fourth-order valence-corrected chi connectivity index (χ4v) is 3.82. The van der Waals surface area contributed by atoms with Crippen molar-refractivity contribution in [3.63, 3.8) is 0 Å². The van der Waals surface area contributed by atoms with Gasteiger partial charge in [0.1, 0.15) is 5.69 Å². The molecular formula is C19H11ClN4O4S. The molecule has 0 saturated carbocycles. The number of nitrogens with zero attached hydrogens (tertiary/aromatic N) is 4. The molecule has 0 unspecified atom stereocenters. The van der Waals surface area contributed by atoms with Crippen LogP contribution in [-0.4, -0.2) is 19.5 Å². The Hall–Kier alpha value is -3.43. The number of hydrogen-bond donors (Lipinski definition) is 0. The van der Waals surface area contributed by atoms with E-state index in [1.165, 1.54) is 24.3 Å². The number of halogens is 1. The van der Waals surface area contributed by atoms with E-state index >= 15 is 0 Å². The minimum atomic E-state index is -0.520. The van der Waals surface area contributed by atoms with Crippen molar-refractivity contribution in [3.05, 3.63) is 106 Å². The number of aromatic nitrogens is 3. The molecule has 0 aliphatic carbocycles. The van der Waals surface area contributed by atoms with Crippen LogP contribution in [0.4, 0.5) is 5.69 Å². The van der Waals surface area contributed by atoms with Gasteiger partial charge < -0.3 is 0 Å². The van der Waals surface area contributed by atoms with E-state index in [0.717, 1.165) is 15.9 Å². The molecule has 0 atom stereocenters. The van der Waals surface area contributed by atoms with Crippen molar-refractivity contribution in [2.24, 2.45) is 0 Å². The van der Waals surface area contributed by atoms with Gasteiger partial charge in [0.2, 0.25) is 4.96 Å². The quantitative estimate of drug-likeness (QED) is 0.365. The molecule has 0 aliphatic rings. The Balaban J connectivity index is 1.78. The smallest absolute Gasteiger partial charge is 0.266 e.